The van der Waals surface area contributed by atoms with Crippen molar-refractivity contribution in [1.82, 2.24) is 0 Å². The third-order valence-corrected chi connectivity index (χ3v) is 2.87. The molecule has 0 heterocycles. The van der Waals surface area contributed by atoms with Crippen LogP contribution in [0.1, 0.15) is 15.9 Å². The highest BCUT2D eigenvalue weighted by molar-refractivity contribution is 5.98. The average molecular weight is 272 g/mol. The van der Waals surface area contributed by atoms with Crippen molar-refractivity contribution < 1.29 is 14.6 Å². The van der Waals surface area contributed by atoms with Crippen LogP contribution in [0.5, 0.6) is 11.5 Å². The molecule has 2 rings (SSSR count). The zero-order valence-electron chi connectivity index (χ0n) is 10.9. The predicted octanol–water partition coefficient (Wildman–Crippen LogP) is 1.69. The highest BCUT2D eigenvalue weighted by Crippen LogP contribution is 2.27. The summed E-state index contributed by atoms with van der Waals surface area (Å²) in [7, 11) is 0. The second-order valence-corrected chi connectivity index (χ2v) is 4.30. The SMILES string of the molecule is NC(=O)c1cc(Oc2ccccc2CCO)ccc1N. The molecule has 5 N–H and O–H groups in total. The Labute approximate surface area is 116 Å². The van der Waals surface area contributed by atoms with E-state index in [-0.39, 0.29) is 12.2 Å². The number of amides is 1. The molecule has 0 unspecified atom stereocenters. The molecule has 0 aliphatic heterocycles. The average Bonchev–Trinajstić information content (AvgIpc) is 2.43. The molecule has 0 aliphatic rings. The zero-order valence-corrected chi connectivity index (χ0v) is 10.9. The molecule has 0 fully saturated rings. The van der Waals surface area contributed by atoms with E-state index in [9.17, 15) is 4.79 Å². The fourth-order valence-electron chi connectivity index (χ4n) is 1.87. The molecule has 1 amide bonds. The normalized spacial score (nSPS) is 10.2. The first-order chi connectivity index (χ1) is 9.61. The first-order valence-corrected chi connectivity index (χ1v) is 6.17. The molecule has 0 saturated heterocycles. The van der Waals surface area contributed by atoms with Crippen molar-refractivity contribution in [3.05, 3.63) is 53.6 Å². The second kappa shape index (κ2) is 6.08. The van der Waals surface area contributed by atoms with Gasteiger partial charge < -0.3 is 21.3 Å². The molecule has 5 nitrogen and oxygen atoms in total. The highest BCUT2D eigenvalue weighted by Gasteiger charge is 2.09. The van der Waals surface area contributed by atoms with Crippen molar-refractivity contribution in [3.63, 3.8) is 0 Å². The van der Waals surface area contributed by atoms with E-state index >= 15 is 0 Å². The van der Waals surface area contributed by atoms with Gasteiger partial charge in [-0.15, -0.1) is 0 Å². The first-order valence-electron chi connectivity index (χ1n) is 6.17. The predicted molar refractivity (Wildman–Crippen MR) is 76.7 cm³/mol. The largest absolute Gasteiger partial charge is 0.457 e. The number of hydrogen-bond acceptors (Lipinski definition) is 4. The fourth-order valence-corrected chi connectivity index (χ4v) is 1.87. The standard InChI is InChI=1S/C15H16N2O3/c16-13-6-5-11(9-12(13)15(17)19)20-14-4-2-1-3-10(14)7-8-18/h1-6,9,18H,7-8,16H2,(H2,17,19). The van der Waals surface area contributed by atoms with Gasteiger partial charge in [-0.25, -0.2) is 0 Å². The summed E-state index contributed by atoms with van der Waals surface area (Å²) in [5, 5.41) is 9.03. The molecular formula is C15H16N2O3. The number of benzene rings is 2. The van der Waals surface area contributed by atoms with Crippen molar-refractivity contribution in [2.24, 2.45) is 5.73 Å². The number of carbonyl (C=O) groups excluding carboxylic acids is 1. The minimum atomic E-state index is -0.600. The van der Waals surface area contributed by atoms with Crippen LogP contribution in [0, 0.1) is 0 Å². The van der Waals surface area contributed by atoms with E-state index in [2.05, 4.69) is 0 Å². The number of ether oxygens (including phenoxy) is 1. The van der Waals surface area contributed by atoms with Gasteiger partial charge in [-0.05, 0) is 36.2 Å². The Morgan fingerprint density at radius 3 is 2.65 bits per heavy atom. The molecule has 0 saturated carbocycles. The summed E-state index contributed by atoms with van der Waals surface area (Å²) in [5.41, 5.74) is 12.3. The molecule has 2 aromatic rings. The van der Waals surface area contributed by atoms with Crippen LogP contribution in [-0.2, 0) is 6.42 Å². The monoisotopic (exact) mass is 272 g/mol. The van der Waals surface area contributed by atoms with Crippen LogP contribution in [0.25, 0.3) is 0 Å². The first kappa shape index (κ1) is 13.9. The number of aliphatic hydroxyl groups excluding tert-OH is 1. The van der Waals surface area contributed by atoms with Crippen LogP contribution in [0.2, 0.25) is 0 Å². The molecule has 0 atom stereocenters. The summed E-state index contributed by atoms with van der Waals surface area (Å²) in [4.78, 5) is 11.2. The molecule has 0 bridgehead atoms. The molecular weight excluding hydrogens is 256 g/mol. The molecule has 0 radical (unpaired) electrons. The third-order valence-electron chi connectivity index (χ3n) is 2.87. The van der Waals surface area contributed by atoms with E-state index in [0.717, 1.165) is 5.56 Å². The lowest BCUT2D eigenvalue weighted by atomic mass is 10.1. The summed E-state index contributed by atoms with van der Waals surface area (Å²) < 4.78 is 5.73. The molecule has 2 aromatic carbocycles. The summed E-state index contributed by atoms with van der Waals surface area (Å²) in [5.74, 6) is 0.497. The molecule has 104 valence electrons. The van der Waals surface area contributed by atoms with Gasteiger partial charge in [0.25, 0.3) is 5.91 Å². The van der Waals surface area contributed by atoms with E-state index in [0.29, 0.717) is 23.6 Å². The number of hydrogen-bond donors (Lipinski definition) is 3. The van der Waals surface area contributed by atoms with Crippen molar-refractivity contribution in [3.8, 4) is 11.5 Å². The van der Waals surface area contributed by atoms with E-state index < -0.39 is 5.91 Å². The fraction of sp³-hybridized carbons (Fsp3) is 0.133. The van der Waals surface area contributed by atoms with E-state index in [1.54, 1.807) is 18.2 Å². The van der Waals surface area contributed by atoms with Crippen LogP contribution in [-0.4, -0.2) is 17.6 Å². The van der Waals surface area contributed by atoms with Crippen LogP contribution >= 0.6 is 0 Å². The topological polar surface area (TPSA) is 98.6 Å². The lowest BCUT2D eigenvalue weighted by molar-refractivity contribution is 0.100. The number of primary amides is 1. The van der Waals surface area contributed by atoms with Gasteiger partial charge in [0.05, 0.1) is 5.56 Å². The smallest absolute Gasteiger partial charge is 0.250 e. The molecule has 0 aliphatic carbocycles. The van der Waals surface area contributed by atoms with Crippen LogP contribution in [0.4, 0.5) is 5.69 Å². The zero-order chi connectivity index (χ0) is 14.5. The van der Waals surface area contributed by atoms with E-state index in [1.165, 1.54) is 6.07 Å². The number of rotatable bonds is 5. The maximum absolute atomic E-state index is 11.2. The Morgan fingerprint density at radius 1 is 1.20 bits per heavy atom. The van der Waals surface area contributed by atoms with Crippen LogP contribution in [0.15, 0.2) is 42.5 Å². The number of nitrogens with two attached hydrogens (primary N) is 2. The van der Waals surface area contributed by atoms with Gasteiger partial charge in [0.15, 0.2) is 0 Å². The third kappa shape index (κ3) is 3.07. The van der Waals surface area contributed by atoms with Gasteiger partial charge in [-0.3, -0.25) is 4.79 Å². The summed E-state index contributed by atoms with van der Waals surface area (Å²) in [6, 6.07) is 12.1. The number of nitrogen functional groups attached to an aromatic ring is 1. The van der Waals surface area contributed by atoms with Crippen molar-refractivity contribution in [1.29, 1.82) is 0 Å². The second-order valence-electron chi connectivity index (χ2n) is 4.30. The number of anilines is 1. The van der Waals surface area contributed by atoms with Crippen molar-refractivity contribution in [2.45, 2.75) is 6.42 Å². The van der Waals surface area contributed by atoms with Gasteiger partial charge >= 0.3 is 0 Å². The minimum Gasteiger partial charge on any atom is -0.457 e. The van der Waals surface area contributed by atoms with Crippen molar-refractivity contribution >= 4 is 11.6 Å². The molecule has 0 spiro atoms. The number of carbonyl (C=O) groups is 1. The molecule has 5 heteroatoms. The van der Waals surface area contributed by atoms with Crippen LogP contribution in [0.3, 0.4) is 0 Å². The quantitative estimate of drug-likeness (QED) is 0.721. The van der Waals surface area contributed by atoms with Crippen LogP contribution < -0.4 is 16.2 Å². The van der Waals surface area contributed by atoms with Crippen molar-refractivity contribution in [2.75, 3.05) is 12.3 Å². The summed E-state index contributed by atoms with van der Waals surface area (Å²) >= 11 is 0. The minimum absolute atomic E-state index is 0.0364. The highest BCUT2D eigenvalue weighted by atomic mass is 16.5. The maximum Gasteiger partial charge on any atom is 0.250 e. The molecule has 20 heavy (non-hydrogen) atoms. The van der Waals surface area contributed by atoms with Gasteiger partial charge in [-0.2, -0.15) is 0 Å². The molecule has 0 aromatic heterocycles. The van der Waals surface area contributed by atoms with Gasteiger partial charge in [0, 0.05) is 12.3 Å². The van der Waals surface area contributed by atoms with E-state index in [4.69, 9.17) is 21.3 Å². The lowest BCUT2D eigenvalue weighted by Gasteiger charge is -2.11. The lowest BCUT2D eigenvalue weighted by Crippen LogP contribution is -2.13. The Balaban J connectivity index is 2.31. The van der Waals surface area contributed by atoms with Gasteiger partial charge in [0.2, 0.25) is 0 Å². The Bertz CT molecular complexity index is 626. The Kier molecular flexibility index (Phi) is 4.22. The van der Waals surface area contributed by atoms with E-state index in [1.807, 2.05) is 18.2 Å². The number of aliphatic hydroxyl groups is 1. The van der Waals surface area contributed by atoms with Gasteiger partial charge in [0.1, 0.15) is 11.5 Å². The Morgan fingerprint density at radius 2 is 1.95 bits per heavy atom. The summed E-state index contributed by atoms with van der Waals surface area (Å²) in [6.07, 6.45) is 0.494. The Hall–Kier alpha value is -2.53. The number of para-hydroxylation sites is 1. The maximum atomic E-state index is 11.2. The summed E-state index contributed by atoms with van der Waals surface area (Å²) in [6.45, 7) is 0.0364. The van der Waals surface area contributed by atoms with Gasteiger partial charge in [-0.1, -0.05) is 18.2 Å².